The minimum atomic E-state index is -3.46. The molecule has 0 bridgehead atoms. The highest BCUT2D eigenvalue weighted by atomic mass is 31.2. The monoisotopic (exact) mass is 447 g/mol. The van der Waals surface area contributed by atoms with Gasteiger partial charge in [-0.05, 0) is 30.6 Å². The van der Waals surface area contributed by atoms with Gasteiger partial charge in [-0.3, -0.25) is 14.2 Å². The maximum absolute atomic E-state index is 12.6. The molecule has 0 heterocycles. The first-order valence-electron chi connectivity index (χ1n) is 11.3. The summed E-state index contributed by atoms with van der Waals surface area (Å²) < 4.78 is 12.5. The molecular formula is C21H42N3O5P. The molecule has 2 unspecified atom stereocenters. The van der Waals surface area contributed by atoms with Crippen LogP contribution in [0.5, 0.6) is 0 Å². The minimum absolute atomic E-state index is 0.0599. The molecule has 2 amide bonds. The Balaban J connectivity index is 2.57. The Bertz CT molecular complexity index is 595. The molecule has 6 N–H and O–H groups in total. The Labute approximate surface area is 181 Å². The highest BCUT2D eigenvalue weighted by Gasteiger charge is 2.31. The molecule has 0 radical (unpaired) electrons. The summed E-state index contributed by atoms with van der Waals surface area (Å²) >= 11 is 0. The second kappa shape index (κ2) is 12.8. The number of aliphatic hydroxyl groups excluding tert-OH is 1. The summed E-state index contributed by atoms with van der Waals surface area (Å²) in [5, 5.41) is 15.6. The van der Waals surface area contributed by atoms with Crippen LogP contribution in [0.4, 0.5) is 0 Å². The number of carbonyl (C=O) groups is 2. The van der Waals surface area contributed by atoms with Crippen molar-refractivity contribution in [3.63, 3.8) is 0 Å². The molecule has 0 aliphatic heterocycles. The molecule has 5 atom stereocenters. The first-order valence-corrected chi connectivity index (χ1v) is 13.3. The SMILES string of the molecule is CCC(C)[C@@H](NC(=O)[C@@H](N)C(C)C)C(=O)NC[C@@H](O)CP(=O)(O)CC1CCCCC1. The lowest BCUT2D eigenvalue weighted by molar-refractivity contribution is -0.131. The number of nitrogens with two attached hydrogens (primary N) is 1. The molecule has 0 aromatic heterocycles. The fourth-order valence-corrected chi connectivity index (χ4v) is 5.93. The second-order valence-corrected chi connectivity index (χ2v) is 11.7. The van der Waals surface area contributed by atoms with Crippen molar-refractivity contribution in [2.24, 2.45) is 23.5 Å². The van der Waals surface area contributed by atoms with Crippen LogP contribution < -0.4 is 16.4 Å². The quantitative estimate of drug-likeness (QED) is 0.289. The molecule has 1 aliphatic carbocycles. The van der Waals surface area contributed by atoms with Crippen LogP contribution in [0.25, 0.3) is 0 Å². The maximum atomic E-state index is 12.6. The van der Waals surface area contributed by atoms with Crippen LogP contribution in [0, 0.1) is 17.8 Å². The van der Waals surface area contributed by atoms with Gasteiger partial charge in [-0.15, -0.1) is 0 Å². The molecule has 1 aliphatic rings. The predicted molar refractivity (Wildman–Crippen MR) is 119 cm³/mol. The van der Waals surface area contributed by atoms with Crippen molar-refractivity contribution in [1.29, 1.82) is 0 Å². The summed E-state index contributed by atoms with van der Waals surface area (Å²) in [4.78, 5) is 35.2. The largest absolute Gasteiger partial charge is 0.391 e. The van der Waals surface area contributed by atoms with E-state index in [9.17, 15) is 24.2 Å². The Morgan fingerprint density at radius 1 is 1.13 bits per heavy atom. The van der Waals surface area contributed by atoms with Crippen molar-refractivity contribution in [2.75, 3.05) is 18.9 Å². The number of nitrogens with one attached hydrogen (secondary N) is 2. The third kappa shape index (κ3) is 9.46. The van der Waals surface area contributed by atoms with E-state index >= 15 is 0 Å². The number of amides is 2. The molecule has 0 aromatic rings. The smallest absolute Gasteiger partial charge is 0.242 e. The number of carbonyl (C=O) groups excluding carboxylic acids is 2. The van der Waals surface area contributed by atoms with Crippen LogP contribution in [0.15, 0.2) is 0 Å². The average Bonchev–Trinajstić information content (AvgIpc) is 2.68. The van der Waals surface area contributed by atoms with Crippen molar-refractivity contribution in [3.8, 4) is 0 Å². The summed E-state index contributed by atoms with van der Waals surface area (Å²) in [6, 6.07) is -1.49. The maximum Gasteiger partial charge on any atom is 0.242 e. The Kier molecular flexibility index (Phi) is 11.6. The number of rotatable bonds is 12. The highest BCUT2D eigenvalue weighted by molar-refractivity contribution is 7.58. The van der Waals surface area contributed by atoms with Gasteiger partial charge in [0.05, 0.1) is 18.3 Å². The van der Waals surface area contributed by atoms with Gasteiger partial charge >= 0.3 is 0 Å². The zero-order valence-corrected chi connectivity index (χ0v) is 19.9. The summed E-state index contributed by atoms with van der Waals surface area (Å²) in [5.41, 5.74) is 5.88. The number of hydrogen-bond donors (Lipinski definition) is 5. The predicted octanol–water partition coefficient (Wildman–Crippen LogP) is 1.83. The van der Waals surface area contributed by atoms with E-state index in [0.29, 0.717) is 6.42 Å². The van der Waals surface area contributed by atoms with E-state index in [1.807, 2.05) is 27.7 Å². The van der Waals surface area contributed by atoms with Crippen LogP contribution in [0.2, 0.25) is 0 Å². The zero-order chi connectivity index (χ0) is 22.9. The Hall–Kier alpha value is -0.950. The lowest BCUT2D eigenvalue weighted by Crippen LogP contribution is -2.55. The van der Waals surface area contributed by atoms with E-state index in [4.69, 9.17) is 5.73 Å². The van der Waals surface area contributed by atoms with Gasteiger partial charge in [0.25, 0.3) is 0 Å². The van der Waals surface area contributed by atoms with Gasteiger partial charge in [-0.25, -0.2) is 0 Å². The Morgan fingerprint density at radius 2 is 1.73 bits per heavy atom. The fraction of sp³-hybridized carbons (Fsp3) is 0.905. The van der Waals surface area contributed by atoms with Crippen LogP contribution in [-0.2, 0) is 14.2 Å². The summed E-state index contributed by atoms with van der Waals surface area (Å²) in [7, 11) is -3.46. The molecule has 1 rings (SSSR count). The van der Waals surface area contributed by atoms with Crippen LogP contribution in [0.3, 0.4) is 0 Å². The van der Waals surface area contributed by atoms with E-state index in [1.165, 1.54) is 6.42 Å². The van der Waals surface area contributed by atoms with E-state index in [1.54, 1.807) is 0 Å². The van der Waals surface area contributed by atoms with Crippen molar-refractivity contribution in [3.05, 3.63) is 0 Å². The first kappa shape index (κ1) is 27.1. The molecule has 176 valence electrons. The van der Waals surface area contributed by atoms with Crippen molar-refractivity contribution >= 4 is 19.2 Å². The highest BCUT2D eigenvalue weighted by Crippen LogP contribution is 2.45. The zero-order valence-electron chi connectivity index (χ0n) is 19.0. The molecule has 30 heavy (non-hydrogen) atoms. The standard InChI is InChI=1S/C21H42N3O5P/c1-5-15(4)19(24-20(26)18(22)14(2)3)21(27)23-11-17(25)13-30(28,29)12-16-9-7-6-8-10-16/h14-19,25H,5-13,22H2,1-4H3,(H,23,27)(H,24,26)(H,28,29)/t15?,17-,18+,19-/m1/s1. The van der Waals surface area contributed by atoms with E-state index in [-0.39, 0.29) is 36.6 Å². The van der Waals surface area contributed by atoms with Gasteiger partial charge in [-0.1, -0.05) is 53.4 Å². The van der Waals surface area contributed by atoms with Crippen molar-refractivity contribution < 1.29 is 24.2 Å². The topological polar surface area (TPSA) is 142 Å². The lowest BCUT2D eigenvalue weighted by Gasteiger charge is -2.27. The van der Waals surface area contributed by atoms with Crippen LogP contribution in [-0.4, -0.2) is 58.9 Å². The molecule has 0 saturated heterocycles. The normalized spacial score (nSPS) is 21.3. The van der Waals surface area contributed by atoms with Gasteiger partial charge in [0.1, 0.15) is 6.04 Å². The molecule has 8 nitrogen and oxygen atoms in total. The van der Waals surface area contributed by atoms with E-state index in [2.05, 4.69) is 10.6 Å². The molecule has 1 fully saturated rings. The molecular weight excluding hydrogens is 405 g/mol. The number of aliphatic hydroxyl groups is 1. The van der Waals surface area contributed by atoms with Gasteiger partial charge < -0.3 is 26.4 Å². The minimum Gasteiger partial charge on any atom is -0.391 e. The van der Waals surface area contributed by atoms with Crippen LogP contribution in [0.1, 0.15) is 66.2 Å². The third-order valence-corrected chi connectivity index (χ3v) is 8.17. The van der Waals surface area contributed by atoms with Crippen molar-refractivity contribution in [2.45, 2.75) is 84.4 Å². The molecule has 0 spiro atoms. The molecule has 0 aromatic carbocycles. The fourth-order valence-electron chi connectivity index (χ4n) is 3.82. The summed E-state index contributed by atoms with van der Waals surface area (Å²) in [6.45, 7) is 7.31. The van der Waals surface area contributed by atoms with Gasteiger partial charge in [-0.2, -0.15) is 0 Å². The van der Waals surface area contributed by atoms with Gasteiger partial charge in [0, 0.05) is 12.7 Å². The molecule has 9 heteroatoms. The average molecular weight is 448 g/mol. The Morgan fingerprint density at radius 3 is 2.27 bits per heavy atom. The lowest BCUT2D eigenvalue weighted by atomic mass is 9.91. The second-order valence-electron chi connectivity index (χ2n) is 9.26. The first-order chi connectivity index (χ1) is 14.0. The van der Waals surface area contributed by atoms with Gasteiger partial charge in [0.2, 0.25) is 19.2 Å². The van der Waals surface area contributed by atoms with E-state index in [0.717, 1.165) is 25.7 Å². The van der Waals surface area contributed by atoms with Crippen molar-refractivity contribution in [1.82, 2.24) is 10.6 Å². The molecule has 1 saturated carbocycles. The summed E-state index contributed by atoms with van der Waals surface area (Å²) in [5.74, 6) is -0.756. The van der Waals surface area contributed by atoms with Gasteiger partial charge in [0.15, 0.2) is 0 Å². The van der Waals surface area contributed by atoms with Crippen LogP contribution >= 0.6 is 7.37 Å². The third-order valence-electron chi connectivity index (χ3n) is 6.09. The number of hydrogen-bond acceptors (Lipinski definition) is 5. The summed E-state index contributed by atoms with van der Waals surface area (Å²) in [6.07, 6.45) is 4.85. The van der Waals surface area contributed by atoms with E-state index < -0.39 is 37.4 Å².